The lowest BCUT2D eigenvalue weighted by Crippen LogP contribution is -2.16. The Labute approximate surface area is 188 Å². The highest BCUT2D eigenvalue weighted by molar-refractivity contribution is 6.13. The fourth-order valence-corrected chi connectivity index (χ4v) is 3.52. The highest BCUT2D eigenvalue weighted by atomic mass is 16.7. The minimum absolute atomic E-state index is 0.188. The minimum atomic E-state index is -0.769. The zero-order valence-electron chi connectivity index (χ0n) is 19.5. The predicted molar refractivity (Wildman–Crippen MR) is 125 cm³/mol. The van der Waals surface area contributed by atoms with Crippen molar-refractivity contribution < 1.29 is 28.5 Å². The van der Waals surface area contributed by atoms with Gasteiger partial charge >= 0.3 is 12.3 Å². The minimum Gasteiger partial charge on any atom is -0.434 e. The largest absolute Gasteiger partial charge is 0.513 e. The first-order valence-electron chi connectivity index (χ1n) is 10.8. The van der Waals surface area contributed by atoms with Gasteiger partial charge in [0.05, 0.1) is 13.2 Å². The van der Waals surface area contributed by atoms with Crippen LogP contribution in [0.5, 0.6) is 11.5 Å². The summed E-state index contributed by atoms with van der Waals surface area (Å²) in [5, 5.41) is 2.62. The van der Waals surface area contributed by atoms with E-state index in [0.717, 1.165) is 11.1 Å². The first-order valence-corrected chi connectivity index (χ1v) is 10.8. The van der Waals surface area contributed by atoms with Crippen molar-refractivity contribution >= 4 is 33.9 Å². The van der Waals surface area contributed by atoms with Crippen LogP contribution in [0.4, 0.5) is 9.59 Å². The molecule has 0 aliphatic carbocycles. The Morgan fingerprint density at radius 2 is 1.25 bits per heavy atom. The molecule has 0 fully saturated rings. The molecule has 0 saturated carbocycles. The first kappa shape index (κ1) is 23.4. The molecule has 0 saturated heterocycles. The van der Waals surface area contributed by atoms with Crippen LogP contribution in [0.3, 0.4) is 0 Å². The van der Waals surface area contributed by atoms with E-state index in [9.17, 15) is 9.59 Å². The number of benzene rings is 3. The molecular weight excluding hydrogens is 408 g/mol. The summed E-state index contributed by atoms with van der Waals surface area (Å²) in [6.45, 7) is 12.2. The Morgan fingerprint density at radius 3 is 1.78 bits per heavy atom. The van der Waals surface area contributed by atoms with E-state index >= 15 is 0 Å². The third-order valence-electron chi connectivity index (χ3n) is 4.81. The zero-order chi connectivity index (χ0) is 23.4. The number of hydrogen-bond acceptors (Lipinski definition) is 6. The Kier molecular flexibility index (Phi) is 7.23. The molecule has 0 radical (unpaired) electrons. The smallest absolute Gasteiger partial charge is 0.434 e. The quantitative estimate of drug-likeness (QED) is 0.235. The maximum atomic E-state index is 12.4. The lowest BCUT2D eigenvalue weighted by molar-refractivity contribution is 0.0879. The monoisotopic (exact) mass is 438 g/mol. The molecule has 0 heterocycles. The van der Waals surface area contributed by atoms with Gasteiger partial charge in [-0.05, 0) is 37.3 Å². The van der Waals surface area contributed by atoms with Crippen LogP contribution in [-0.4, -0.2) is 25.5 Å². The number of carbonyl (C=O) groups excluding carboxylic acids is 2. The molecule has 3 aromatic carbocycles. The molecule has 3 aromatic rings. The molecule has 0 spiro atoms. The summed E-state index contributed by atoms with van der Waals surface area (Å²) in [6, 6.07) is 11.2. The van der Waals surface area contributed by atoms with E-state index in [1.807, 2.05) is 77.9 Å². The Balaban J connectivity index is 2.18. The summed E-state index contributed by atoms with van der Waals surface area (Å²) in [5.41, 5.74) is 1.87. The van der Waals surface area contributed by atoms with E-state index in [0.29, 0.717) is 33.0 Å². The molecule has 0 bridgehead atoms. The van der Waals surface area contributed by atoms with E-state index in [-0.39, 0.29) is 25.0 Å². The van der Waals surface area contributed by atoms with Crippen LogP contribution in [0.25, 0.3) is 21.5 Å². The Hall–Kier alpha value is -3.28. The summed E-state index contributed by atoms with van der Waals surface area (Å²) < 4.78 is 21.9. The SMILES string of the molecule is Cc1cc(C)c2c(OC(=O)OCC(C)C)c3ccccc3c(OC(=O)OCC(C)C)c2c1. The predicted octanol–water partition coefficient (Wildman–Crippen LogP) is 6.95. The second-order valence-electron chi connectivity index (χ2n) is 8.82. The standard InChI is InChI=1S/C26H30O6/c1-15(2)13-29-25(27)31-23-19-9-7-8-10-20(19)24(32-26(28)30-14-16(3)4)22-18(6)11-17(5)12-21(22)23/h7-12,15-16H,13-14H2,1-6H3. The van der Waals surface area contributed by atoms with Crippen molar-refractivity contribution in [3.63, 3.8) is 0 Å². The molecule has 0 unspecified atom stereocenters. The van der Waals surface area contributed by atoms with Crippen LogP contribution >= 0.6 is 0 Å². The van der Waals surface area contributed by atoms with Crippen LogP contribution < -0.4 is 9.47 Å². The van der Waals surface area contributed by atoms with Crippen molar-refractivity contribution in [2.45, 2.75) is 41.5 Å². The third-order valence-corrected chi connectivity index (χ3v) is 4.81. The first-order chi connectivity index (χ1) is 15.2. The van der Waals surface area contributed by atoms with Crippen LogP contribution in [0, 0.1) is 25.7 Å². The van der Waals surface area contributed by atoms with Crippen LogP contribution in [0.1, 0.15) is 38.8 Å². The molecule has 3 rings (SSSR count). The van der Waals surface area contributed by atoms with Gasteiger partial charge < -0.3 is 18.9 Å². The number of aryl methyl sites for hydroxylation is 2. The maximum absolute atomic E-state index is 12.4. The maximum Gasteiger partial charge on any atom is 0.513 e. The van der Waals surface area contributed by atoms with Gasteiger partial charge in [-0.3, -0.25) is 0 Å². The summed E-state index contributed by atoms with van der Waals surface area (Å²) in [4.78, 5) is 24.9. The van der Waals surface area contributed by atoms with Crippen LogP contribution in [-0.2, 0) is 9.47 Å². The Morgan fingerprint density at radius 1 is 0.750 bits per heavy atom. The van der Waals surface area contributed by atoms with Crippen LogP contribution in [0.15, 0.2) is 36.4 Å². The average Bonchev–Trinajstić information content (AvgIpc) is 2.72. The summed E-state index contributed by atoms with van der Waals surface area (Å²) >= 11 is 0. The van der Waals surface area contributed by atoms with E-state index in [1.165, 1.54) is 0 Å². The van der Waals surface area contributed by atoms with Gasteiger partial charge in [-0.15, -0.1) is 0 Å². The lowest BCUT2D eigenvalue weighted by atomic mass is 9.95. The number of fused-ring (bicyclic) bond motifs is 2. The van der Waals surface area contributed by atoms with Gasteiger partial charge in [0.1, 0.15) is 5.75 Å². The highest BCUT2D eigenvalue weighted by Crippen LogP contribution is 2.44. The topological polar surface area (TPSA) is 71.1 Å². The molecule has 0 atom stereocenters. The van der Waals surface area contributed by atoms with Crippen molar-refractivity contribution in [3.05, 3.63) is 47.5 Å². The van der Waals surface area contributed by atoms with E-state index in [4.69, 9.17) is 18.9 Å². The van der Waals surface area contributed by atoms with Gasteiger partial charge in [-0.2, -0.15) is 0 Å². The van der Waals surface area contributed by atoms with E-state index in [1.54, 1.807) is 0 Å². The van der Waals surface area contributed by atoms with Gasteiger partial charge in [0.25, 0.3) is 0 Å². The van der Waals surface area contributed by atoms with Crippen molar-refractivity contribution in [2.75, 3.05) is 13.2 Å². The molecular formula is C26H30O6. The average molecular weight is 439 g/mol. The molecule has 0 N–H and O–H groups in total. The van der Waals surface area contributed by atoms with Crippen molar-refractivity contribution in [2.24, 2.45) is 11.8 Å². The van der Waals surface area contributed by atoms with Gasteiger partial charge in [-0.1, -0.05) is 63.6 Å². The second-order valence-corrected chi connectivity index (χ2v) is 8.82. The van der Waals surface area contributed by atoms with E-state index < -0.39 is 12.3 Å². The molecule has 170 valence electrons. The molecule has 0 aromatic heterocycles. The van der Waals surface area contributed by atoms with Gasteiger partial charge in [-0.25, -0.2) is 9.59 Å². The van der Waals surface area contributed by atoms with Crippen molar-refractivity contribution in [3.8, 4) is 11.5 Å². The summed E-state index contributed by atoms with van der Waals surface area (Å²) in [6.07, 6.45) is -1.54. The molecule has 0 aliphatic heterocycles. The highest BCUT2D eigenvalue weighted by Gasteiger charge is 2.23. The second kappa shape index (κ2) is 9.90. The Bertz CT molecular complexity index is 1150. The van der Waals surface area contributed by atoms with Gasteiger partial charge in [0.2, 0.25) is 0 Å². The normalized spacial score (nSPS) is 11.2. The molecule has 6 nitrogen and oxygen atoms in total. The molecule has 0 aliphatic rings. The lowest BCUT2D eigenvalue weighted by Gasteiger charge is -2.18. The van der Waals surface area contributed by atoms with Crippen molar-refractivity contribution in [1.29, 1.82) is 0 Å². The number of rotatable bonds is 6. The number of carbonyl (C=O) groups is 2. The van der Waals surface area contributed by atoms with Crippen LogP contribution in [0.2, 0.25) is 0 Å². The van der Waals surface area contributed by atoms with Crippen molar-refractivity contribution in [1.82, 2.24) is 0 Å². The number of hydrogen-bond donors (Lipinski definition) is 0. The fraction of sp³-hybridized carbons (Fsp3) is 0.385. The number of ether oxygens (including phenoxy) is 4. The molecule has 6 heteroatoms. The zero-order valence-corrected chi connectivity index (χ0v) is 19.5. The molecule has 0 amide bonds. The fourth-order valence-electron chi connectivity index (χ4n) is 3.52. The van der Waals surface area contributed by atoms with Gasteiger partial charge in [0.15, 0.2) is 5.75 Å². The van der Waals surface area contributed by atoms with E-state index in [2.05, 4.69) is 0 Å². The summed E-state index contributed by atoms with van der Waals surface area (Å²) in [5.74, 6) is 1.13. The van der Waals surface area contributed by atoms with Gasteiger partial charge in [0, 0.05) is 21.5 Å². The molecule has 32 heavy (non-hydrogen) atoms. The summed E-state index contributed by atoms with van der Waals surface area (Å²) in [7, 11) is 0. The third kappa shape index (κ3) is 5.31.